The number of aromatic nitrogens is 3. The molecule has 62 valence electrons. The minimum Gasteiger partial charge on any atom is -0.394 e. The van der Waals surface area contributed by atoms with Crippen molar-refractivity contribution in [3.8, 4) is 0 Å². The summed E-state index contributed by atoms with van der Waals surface area (Å²) in [5, 5.41) is 13.9. The van der Waals surface area contributed by atoms with E-state index in [4.69, 9.17) is 5.11 Å². The van der Waals surface area contributed by atoms with E-state index in [-0.39, 0.29) is 6.61 Å². The topological polar surface area (TPSA) is 50.9 Å². The number of aliphatic hydroxyl groups excluding tert-OH is 1. The quantitative estimate of drug-likeness (QED) is 0.698. The molecule has 0 aliphatic rings. The van der Waals surface area contributed by atoms with Gasteiger partial charge in [0.05, 0.1) is 31.1 Å². The first-order valence-corrected chi connectivity index (χ1v) is 3.78. The third kappa shape index (κ3) is 1.06. The number of pyridine rings is 1. The van der Waals surface area contributed by atoms with Gasteiger partial charge in [0.15, 0.2) is 0 Å². The van der Waals surface area contributed by atoms with Crippen molar-refractivity contribution in [3.63, 3.8) is 0 Å². The second-order valence-corrected chi connectivity index (χ2v) is 2.53. The summed E-state index contributed by atoms with van der Waals surface area (Å²) in [6, 6.07) is 1.90. The highest BCUT2D eigenvalue weighted by atomic mass is 16.3. The molecule has 0 aliphatic carbocycles. The fourth-order valence-electron chi connectivity index (χ4n) is 1.19. The second kappa shape index (κ2) is 2.91. The molecule has 0 saturated carbocycles. The molecule has 1 N–H and O–H groups in total. The molecule has 0 atom stereocenters. The Kier molecular flexibility index (Phi) is 1.75. The van der Waals surface area contributed by atoms with E-state index in [1.165, 1.54) is 0 Å². The van der Waals surface area contributed by atoms with Gasteiger partial charge in [-0.05, 0) is 6.07 Å². The molecule has 0 saturated heterocycles. The summed E-state index contributed by atoms with van der Waals surface area (Å²) in [6.45, 7) is 0.626. The van der Waals surface area contributed by atoms with Gasteiger partial charge in [0.1, 0.15) is 0 Å². The molecule has 2 aromatic rings. The molecule has 0 unspecified atom stereocenters. The van der Waals surface area contributed by atoms with Gasteiger partial charge in [0.2, 0.25) is 0 Å². The van der Waals surface area contributed by atoms with Crippen LogP contribution in [0.3, 0.4) is 0 Å². The average Bonchev–Trinajstić information content (AvgIpc) is 2.50. The molecule has 0 spiro atoms. The summed E-state index contributed by atoms with van der Waals surface area (Å²) in [7, 11) is 0. The fraction of sp³-hybridized carbons (Fsp3) is 0.250. The molecule has 0 aromatic carbocycles. The Hall–Kier alpha value is -1.42. The molecule has 4 nitrogen and oxygen atoms in total. The van der Waals surface area contributed by atoms with Gasteiger partial charge in [-0.2, -0.15) is 5.10 Å². The van der Waals surface area contributed by atoms with Gasteiger partial charge in [-0.15, -0.1) is 0 Å². The maximum absolute atomic E-state index is 8.72. The van der Waals surface area contributed by atoms with Gasteiger partial charge in [-0.25, -0.2) is 0 Å². The number of hydrogen-bond acceptors (Lipinski definition) is 3. The number of rotatable bonds is 2. The monoisotopic (exact) mass is 163 g/mol. The van der Waals surface area contributed by atoms with Crippen LogP contribution in [-0.4, -0.2) is 26.5 Å². The SMILES string of the molecule is OCCn1ncc2ccncc21. The Bertz CT molecular complexity index is 382. The van der Waals surface area contributed by atoms with E-state index in [2.05, 4.69) is 10.1 Å². The van der Waals surface area contributed by atoms with Crippen LogP contribution in [0.25, 0.3) is 10.9 Å². The second-order valence-electron chi connectivity index (χ2n) is 2.53. The Morgan fingerprint density at radius 2 is 2.33 bits per heavy atom. The standard InChI is InChI=1S/C8H9N3O/c12-4-3-11-8-6-9-2-1-7(8)5-10-11/h1-2,5-6,12H,3-4H2. The maximum atomic E-state index is 8.72. The zero-order valence-electron chi connectivity index (χ0n) is 6.51. The highest BCUT2D eigenvalue weighted by molar-refractivity contribution is 5.77. The van der Waals surface area contributed by atoms with Gasteiger partial charge in [0.25, 0.3) is 0 Å². The lowest BCUT2D eigenvalue weighted by atomic mass is 10.3. The summed E-state index contributed by atoms with van der Waals surface area (Å²) in [5.74, 6) is 0. The van der Waals surface area contributed by atoms with E-state index in [1.807, 2.05) is 6.07 Å². The molecule has 2 aromatic heterocycles. The smallest absolute Gasteiger partial charge is 0.0866 e. The number of aliphatic hydroxyl groups is 1. The molecule has 0 radical (unpaired) electrons. The average molecular weight is 163 g/mol. The van der Waals surface area contributed by atoms with Crippen LogP contribution in [0.15, 0.2) is 24.7 Å². The summed E-state index contributed by atoms with van der Waals surface area (Å²) in [5.41, 5.74) is 0.964. The highest BCUT2D eigenvalue weighted by Crippen LogP contribution is 2.09. The van der Waals surface area contributed by atoms with Crippen LogP contribution in [0, 0.1) is 0 Å². The number of hydrogen-bond donors (Lipinski definition) is 1. The first kappa shape index (κ1) is 7.24. The third-order valence-electron chi connectivity index (χ3n) is 1.76. The van der Waals surface area contributed by atoms with Crippen molar-refractivity contribution in [3.05, 3.63) is 24.7 Å². The van der Waals surface area contributed by atoms with E-state index < -0.39 is 0 Å². The molecular weight excluding hydrogens is 154 g/mol. The van der Waals surface area contributed by atoms with Crippen molar-refractivity contribution in [1.82, 2.24) is 14.8 Å². The molecule has 4 heteroatoms. The molecule has 2 heterocycles. The van der Waals surface area contributed by atoms with Gasteiger partial charge in [-0.3, -0.25) is 9.67 Å². The lowest BCUT2D eigenvalue weighted by molar-refractivity contribution is 0.271. The van der Waals surface area contributed by atoms with Gasteiger partial charge >= 0.3 is 0 Å². The van der Waals surface area contributed by atoms with E-state index in [0.717, 1.165) is 10.9 Å². The van der Waals surface area contributed by atoms with E-state index in [1.54, 1.807) is 23.3 Å². The first-order valence-electron chi connectivity index (χ1n) is 3.78. The predicted octanol–water partition coefficient (Wildman–Crippen LogP) is 0.424. The zero-order valence-corrected chi connectivity index (χ0v) is 6.51. The van der Waals surface area contributed by atoms with Crippen molar-refractivity contribution in [2.75, 3.05) is 6.61 Å². The van der Waals surface area contributed by atoms with Crippen LogP contribution in [0.4, 0.5) is 0 Å². The summed E-state index contributed by atoms with van der Waals surface area (Å²) in [4.78, 5) is 3.99. The molecular formula is C8H9N3O. The van der Waals surface area contributed by atoms with Gasteiger partial charge < -0.3 is 5.11 Å². The zero-order chi connectivity index (χ0) is 8.39. The third-order valence-corrected chi connectivity index (χ3v) is 1.76. The largest absolute Gasteiger partial charge is 0.394 e. The van der Waals surface area contributed by atoms with Crippen LogP contribution in [0.1, 0.15) is 0 Å². The van der Waals surface area contributed by atoms with E-state index in [9.17, 15) is 0 Å². The Labute approximate surface area is 69.5 Å². The van der Waals surface area contributed by atoms with Crippen LogP contribution < -0.4 is 0 Å². The van der Waals surface area contributed by atoms with Crippen molar-refractivity contribution < 1.29 is 5.11 Å². The minimum absolute atomic E-state index is 0.103. The van der Waals surface area contributed by atoms with Crippen molar-refractivity contribution in [1.29, 1.82) is 0 Å². The molecule has 0 bridgehead atoms. The van der Waals surface area contributed by atoms with Crippen LogP contribution in [0.5, 0.6) is 0 Å². The molecule has 12 heavy (non-hydrogen) atoms. The number of fused-ring (bicyclic) bond motifs is 1. The summed E-state index contributed by atoms with van der Waals surface area (Å²) >= 11 is 0. The van der Waals surface area contributed by atoms with Crippen LogP contribution in [0.2, 0.25) is 0 Å². The predicted molar refractivity (Wildman–Crippen MR) is 44.6 cm³/mol. The Morgan fingerprint density at radius 1 is 1.42 bits per heavy atom. The molecule has 2 rings (SSSR count). The molecule has 0 fully saturated rings. The summed E-state index contributed by atoms with van der Waals surface area (Å²) < 4.78 is 1.74. The normalized spacial score (nSPS) is 10.8. The highest BCUT2D eigenvalue weighted by Gasteiger charge is 1.99. The maximum Gasteiger partial charge on any atom is 0.0866 e. The first-order chi connectivity index (χ1) is 5.92. The van der Waals surface area contributed by atoms with Crippen LogP contribution >= 0.6 is 0 Å². The molecule has 0 aliphatic heterocycles. The van der Waals surface area contributed by atoms with Gasteiger partial charge in [-0.1, -0.05) is 0 Å². The lowest BCUT2D eigenvalue weighted by Gasteiger charge is -1.97. The number of nitrogens with zero attached hydrogens (tertiary/aromatic N) is 3. The van der Waals surface area contributed by atoms with Crippen molar-refractivity contribution in [2.24, 2.45) is 0 Å². The van der Waals surface area contributed by atoms with Crippen molar-refractivity contribution >= 4 is 10.9 Å². The van der Waals surface area contributed by atoms with Crippen LogP contribution in [-0.2, 0) is 6.54 Å². The van der Waals surface area contributed by atoms with E-state index in [0.29, 0.717) is 6.54 Å². The van der Waals surface area contributed by atoms with Crippen molar-refractivity contribution in [2.45, 2.75) is 6.54 Å². The summed E-state index contributed by atoms with van der Waals surface area (Å²) in [6.07, 6.45) is 5.25. The Morgan fingerprint density at radius 3 is 3.17 bits per heavy atom. The fourth-order valence-corrected chi connectivity index (χ4v) is 1.19. The molecule has 0 amide bonds. The van der Waals surface area contributed by atoms with E-state index >= 15 is 0 Å². The Balaban J connectivity index is 2.55. The lowest BCUT2D eigenvalue weighted by Crippen LogP contribution is -2.03. The minimum atomic E-state index is 0.103. The van der Waals surface area contributed by atoms with Gasteiger partial charge in [0, 0.05) is 11.6 Å².